The van der Waals surface area contributed by atoms with Crippen LogP contribution in [0, 0.1) is 19.3 Å². The molecule has 0 bridgehead atoms. The van der Waals surface area contributed by atoms with Crippen LogP contribution in [-0.4, -0.2) is 6.54 Å². The van der Waals surface area contributed by atoms with Gasteiger partial charge in [-0.15, -0.1) is 0 Å². The molecule has 1 nitrogen and oxygen atoms in total. The summed E-state index contributed by atoms with van der Waals surface area (Å²) in [5.74, 6) is 0.553. The lowest BCUT2D eigenvalue weighted by atomic mass is 9.73. The Kier molecular flexibility index (Phi) is 4.15. The zero-order valence-electron chi connectivity index (χ0n) is 11.3. The van der Waals surface area contributed by atoms with Gasteiger partial charge in [0.05, 0.1) is 0 Å². The van der Waals surface area contributed by atoms with Gasteiger partial charge in [0.2, 0.25) is 0 Å². The monoisotopic (exact) mass is 219 g/mol. The van der Waals surface area contributed by atoms with Crippen molar-refractivity contribution in [3.63, 3.8) is 0 Å². The van der Waals surface area contributed by atoms with Crippen molar-refractivity contribution < 1.29 is 0 Å². The Bertz CT molecular complexity index is 347. The lowest BCUT2D eigenvalue weighted by Gasteiger charge is -2.32. The summed E-state index contributed by atoms with van der Waals surface area (Å²) in [4.78, 5) is 0. The maximum absolute atomic E-state index is 5.75. The molecule has 0 heterocycles. The molecular formula is C15H25N. The lowest BCUT2D eigenvalue weighted by Crippen LogP contribution is -2.22. The van der Waals surface area contributed by atoms with Crippen LogP contribution in [-0.2, 0) is 0 Å². The van der Waals surface area contributed by atoms with E-state index in [0.29, 0.717) is 5.92 Å². The Morgan fingerprint density at radius 1 is 1.19 bits per heavy atom. The summed E-state index contributed by atoms with van der Waals surface area (Å²) in [6.45, 7) is 12.1. The normalized spacial score (nSPS) is 13.9. The van der Waals surface area contributed by atoms with Crippen LogP contribution in [0.1, 0.15) is 49.8 Å². The highest BCUT2D eigenvalue weighted by Crippen LogP contribution is 2.39. The lowest BCUT2D eigenvalue weighted by molar-refractivity contribution is 0.307. The maximum atomic E-state index is 5.75. The predicted molar refractivity (Wildman–Crippen MR) is 71.8 cm³/mol. The van der Waals surface area contributed by atoms with Crippen LogP contribution in [0.25, 0.3) is 0 Å². The highest BCUT2D eigenvalue weighted by atomic mass is 14.5. The van der Waals surface area contributed by atoms with Crippen molar-refractivity contribution in [1.29, 1.82) is 0 Å². The van der Waals surface area contributed by atoms with Gasteiger partial charge in [0.15, 0.2) is 0 Å². The van der Waals surface area contributed by atoms with E-state index < -0.39 is 0 Å². The summed E-state index contributed by atoms with van der Waals surface area (Å²) in [5, 5.41) is 0. The summed E-state index contributed by atoms with van der Waals surface area (Å²) < 4.78 is 0. The Hall–Kier alpha value is -0.820. The molecule has 1 rings (SSSR count). The van der Waals surface area contributed by atoms with E-state index in [1.54, 1.807) is 0 Å². The van der Waals surface area contributed by atoms with E-state index in [1.807, 2.05) is 0 Å². The van der Waals surface area contributed by atoms with E-state index in [2.05, 4.69) is 52.8 Å². The fourth-order valence-corrected chi connectivity index (χ4v) is 2.37. The number of rotatable bonds is 3. The van der Waals surface area contributed by atoms with Crippen molar-refractivity contribution in [2.45, 2.75) is 47.0 Å². The van der Waals surface area contributed by atoms with Crippen molar-refractivity contribution in [3.8, 4) is 0 Å². The Labute approximate surface area is 100 Å². The fourth-order valence-electron chi connectivity index (χ4n) is 2.37. The van der Waals surface area contributed by atoms with Gasteiger partial charge in [-0.05, 0) is 54.8 Å². The zero-order chi connectivity index (χ0) is 12.3. The molecule has 0 radical (unpaired) electrons. The Morgan fingerprint density at radius 3 is 2.31 bits per heavy atom. The van der Waals surface area contributed by atoms with Crippen LogP contribution in [0.2, 0.25) is 0 Å². The molecule has 90 valence electrons. The van der Waals surface area contributed by atoms with E-state index in [-0.39, 0.29) is 5.41 Å². The highest BCUT2D eigenvalue weighted by molar-refractivity contribution is 5.36. The van der Waals surface area contributed by atoms with Crippen LogP contribution in [0.4, 0.5) is 0 Å². The number of hydrogen-bond acceptors (Lipinski definition) is 1. The molecule has 0 aliphatic carbocycles. The molecule has 2 N–H and O–H groups in total. The van der Waals surface area contributed by atoms with Gasteiger partial charge in [0.25, 0.3) is 0 Å². The van der Waals surface area contributed by atoms with Crippen molar-refractivity contribution in [1.82, 2.24) is 0 Å². The number of aryl methyl sites for hydroxylation is 1. The van der Waals surface area contributed by atoms with E-state index >= 15 is 0 Å². The van der Waals surface area contributed by atoms with Gasteiger partial charge in [-0.1, -0.05) is 39.0 Å². The first-order valence-corrected chi connectivity index (χ1v) is 6.14. The third kappa shape index (κ3) is 2.85. The summed E-state index contributed by atoms with van der Waals surface area (Å²) in [5.41, 5.74) is 10.3. The van der Waals surface area contributed by atoms with Crippen LogP contribution in [0.3, 0.4) is 0 Å². The maximum Gasteiger partial charge on any atom is -0.00712 e. The summed E-state index contributed by atoms with van der Waals surface area (Å²) >= 11 is 0. The van der Waals surface area contributed by atoms with Gasteiger partial charge in [-0.3, -0.25) is 0 Å². The summed E-state index contributed by atoms with van der Waals surface area (Å²) in [6.07, 6.45) is 1.06. The first-order chi connectivity index (χ1) is 7.38. The van der Waals surface area contributed by atoms with Gasteiger partial charge in [0.1, 0.15) is 0 Å². The summed E-state index contributed by atoms with van der Waals surface area (Å²) in [6, 6.07) is 6.60. The van der Waals surface area contributed by atoms with Crippen LogP contribution in [0.15, 0.2) is 18.2 Å². The van der Waals surface area contributed by atoms with Gasteiger partial charge in [-0.25, -0.2) is 0 Å². The second kappa shape index (κ2) is 5.01. The zero-order valence-corrected chi connectivity index (χ0v) is 11.3. The molecule has 0 saturated carbocycles. The third-order valence-electron chi connectivity index (χ3n) is 3.52. The number of nitrogens with two attached hydrogens (primary N) is 1. The molecule has 1 aromatic carbocycles. The molecule has 0 aliphatic rings. The van der Waals surface area contributed by atoms with E-state index in [4.69, 9.17) is 5.73 Å². The Balaban J connectivity index is 3.16. The first-order valence-electron chi connectivity index (χ1n) is 6.14. The minimum atomic E-state index is 0.276. The molecule has 0 aromatic heterocycles. The Morgan fingerprint density at radius 2 is 1.81 bits per heavy atom. The van der Waals surface area contributed by atoms with Gasteiger partial charge in [0, 0.05) is 0 Å². The minimum absolute atomic E-state index is 0.276. The molecule has 0 spiro atoms. The third-order valence-corrected chi connectivity index (χ3v) is 3.52. The van der Waals surface area contributed by atoms with Gasteiger partial charge in [-0.2, -0.15) is 0 Å². The van der Waals surface area contributed by atoms with Gasteiger partial charge < -0.3 is 5.73 Å². The van der Waals surface area contributed by atoms with Crippen LogP contribution in [0.5, 0.6) is 0 Å². The number of benzene rings is 1. The molecule has 1 aromatic rings. The molecular weight excluding hydrogens is 194 g/mol. The minimum Gasteiger partial charge on any atom is -0.330 e. The van der Waals surface area contributed by atoms with E-state index in [9.17, 15) is 0 Å². The average Bonchev–Trinajstić information content (AvgIpc) is 2.18. The molecule has 16 heavy (non-hydrogen) atoms. The van der Waals surface area contributed by atoms with Crippen molar-refractivity contribution in [2.75, 3.05) is 6.54 Å². The first kappa shape index (κ1) is 13.2. The standard InChI is InChI=1S/C15H25N/c1-11-7-6-8-13(12(11)2)14(9-10-16)15(3,4)5/h6-8,14H,9-10,16H2,1-5H3. The van der Waals surface area contributed by atoms with E-state index in [0.717, 1.165) is 13.0 Å². The highest BCUT2D eigenvalue weighted by Gasteiger charge is 2.26. The SMILES string of the molecule is Cc1cccc(C(CCN)C(C)(C)C)c1C. The van der Waals surface area contributed by atoms with E-state index in [1.165, 1.54) is 16.7 Å². The largest absolute Gasteiger partial charge is 0.330 e. The second-order valence-corrected chi connectivity index (χ2v) is 5.79. The average molecular weight is 219 g/mol. The molecule has 1 unspecified atom stereocenters. The fraction of sp³-hybridized carbons (Fsp3) is 0.600. The van der Waals surface area contributed by atoms with Crippen molar-refractivity contribution in [3.05, 3.63) is 34.9 Å². The smallest absolute Gasteiger partial charge is 0.00712 e. The quantitative estimate of drug-likeness (QED) is 0.822. The van der Waals surface area contributed by atoms with Crippen LogP contribution >= 0.6 is 0 Å². The number of hydrogen-bond donors (Lipinski definition) is 1. The molecule has 0 fully saturated rings. The van der Waals surface area contributed by atoms with Crippen molar-refractivity contribution >= 4 is 0 Å². The van der Waals surface area contributed by atoms with Crippen LogP contribution < -0.4 is 5.73 Å². The molecule has 1 heteroatoms. The summed E-state index contributed by atoms with van der Waals surface area (Å²) in [7, 11) is 0. The van der Waals surface area contributed by atoms with Crippen molar-refractivity contribution in [2.24, 2.45) is 11.1 Å². The molecule has 0 amide bonds. The topological polar surface area (TPSA) is 26.0 Å². The molecule has 0 aliphatic heterocycles. The predicted octanol–water partition coefficient (Wildman–Crippen LogP) is 3.78. The molecule has 0 saturated heterocycles. The second-order valence-electron chi connectivity index (χ2n) is 5.79. The molecule has 1 atom stereocenters. The van der Waals surface area contributed by atoms with Gasteiger partial charge >= 0.3 is 0 Å².